The molecule has 0 fully saturated rings. The number of carbonyl (C=O) groups excluding carboxylic acids is 1. The fourth-order valence-electron chi connectivity index (χ4n) is 2.48. The lowest BCUT2D eigenvalue weighted by Crippen LogP contribution is -2.26. The Balaban J connectivity index is 1.72. The van der Waals surface area contributed by atoms with Crippen molar-refractivity contribution in [3.63, 3.8) is 0 Å². The van der Waals surface area contributed by atoms with E-state index in [-0.39, 0.29) is 17.0 Å². The molecule has 0 aliphatic carbocycles. The summed E-state index contributed by atoms with van der Waals surface area (Å²) in [5.74, 6) is -0.715. The largest absolute Gasteiger partial charge is 0.354 e. The van der Waals surface area contributed by atoms with Crippen molar-refractivity contribution in [2.45, 2.75) is 13.0 Å². The molecule has 0 aliphatic rings. The second-order valence-electron chi connectivity index (χ2n) is 5.82. The number of pyridine rings is 1. The number of carbonyl (C=O) groups is 1. The van der Waals surface area contributed by atoms with E-state index in [4.69, 9.17) is 11.6 Å². The number of rotatable bonds is 5. The second-order valence-corrected chi connectivity index (χ2v) is 6.23. The maximum atomic E-state index is 13.2. The number of aromatic nitrogens is 1. The number of benzene rings is 2. The van der Waals surface area contributed by atoms with Crippen LogP contribution in [0.5, 0.6) is 0 Å². The molecule has 3 rings (SSSR count). The van der Waals surface area contributed by atoms with Crippen molar-refractivity contribution in [2.75, 3.05) is 5.32 Å². The Morgan fingerprint density at radius 1 is 1.08 bits per heavy atom. The minimum absolute atomic E-state index is 0.0218. The van der Waals surface area contributed by atoms with Gasteiger partial charge >= 0.3 is 0 Å². The monoisotopic (exact) mass is 369 g/mol. The average molecular weight is 370 g/mol. The zero-order chi connectivity index (χ0) is 18.5. The lowest BCUT2D eigenvalue weighted by molar-refractivity contribution is 0.0939. The van der Waals surface area contributed by atoms with Crippen LogP contribution in [0.4, 0.5) is 15.8 Å². The maximum Gasteiger partial charge on any atom is 0.253 e. The minimum atomic E-state index is -0.488. The fourth-order valence-corrected chi connectivity index (χ4v) is 2.66. The normalized spacial score (nSPS) is 11.7. The smallest absolute Gasteiger partial charge is 0.253 e. The molecule has 0 saturated carbocycles. The van der Waals surface area contributed by atoms with E-state index >= 15 is 0 Å². The summed E-state index contributed by atoms with van der Waals surface area (Å²) in [6.45, 7) is 1.92. The van der Waals surface area contributed by atoms with E-state index in [0.717, 1.165) is 5.56 Å². The number of nitrogens with one attached hydrogen (secondary N) is 2. The van der Waals surface area contributed by atoms with Crippen LogP contribution in [0.15, 0.2) is 67.0 Å². The van der Waals surface area contributed by atoms with Gasteiger partial charge in [-0.15, -0.1) is 0 Å². The summed E-state index contributed by atoms with van der Waals surface area (Å²) in [6, 6.07) is 15.6. The van der Waals surface area contributed by atoms with Gasteiger partial charge in [0.1, 0.15) is 5.82 Å². The van der Waals surface area contributed by atoms with Crippen molar-refractivity contribution in [3.8, 4) is 0 Å². The van der Waals surface area contributed by atoms with Gasteiger partial charge in [-0.1, -0.05) is 41.9 Å². The highest BCUT2D eigenvalue weighted by Gasteiger charge is 2.12. The third-order valence-corrected chi connectivity index (χ3v) is 4.15. The molecule has 1 atom stereocenters. The predicted molar refractivity (Wildman–Crippen MR) is 101 cm³/mol. The molecule has 3 aromatic rings. The average Bonchev–Trinajstić information content (AvgIpc) is 2.65. The maximum absolute atomic E-state index is 13.2. The van der Waals surface area contributed by atoms with Crippen LogP contribution >= 0.6 is 11.6 Å². The third-order valence-electron chi connectivity index (χ3n) is 3.86. The molecule has 0 radical (unpaired) electrons. The molecule has 0 saturated heterocycles. The zero-order valence-corrected chi connectivity index (χ0v) is 14.8. The van der Waals surface area contributed by atoms with Gasteiger partial charge in [0.15, 0.2) is 0 Å². The summed E-state index contributed by atoms with van der Waals surface area (Å²) in [7, 11) is 0. The molecule has 6 heteroatoms. The summed E-state index contributed by atoms with van der Waals surface area (Å²) in [5, 5.41) is 6.02. The van der Waals surface area contributed by atoms with Gasteiger partial charge in [0.25, 0.3) is 5.91 Å². The predicted octanol–water partition coefficient (Wildman–Crippen LogP) is 5.11. The first-order chi connectivity index (χ1) is 12.5. The molecule has 1 aromatic heterocycles. The van der Waals surface area contributed by atoms with E-state index in [2.05, 4.69) is 15.6 Å². The Morgan fingerprint density at radius 3 is 2.58 bits per heavy atom. The van der Waals surface area contributed by atoms with Crippen LogP contribution in [0.1, 0.15) is 28.9 Å². The van der Waals surface area contributed by atoms with Gasteiger partial charge in [0.05, 0.1) is 28.5 Å². The van der Waals surface area contributed by atoms with E-state index < -0.39 is 5.82 Å². The van der Waals surface area contributed by atoms with Gasteiger partial charge in [-0.05, 0) is 36.8 Å². The van der Waals surface area contributed by atoms with E-state index in [0.29, 0.717) is 16.9 Å². The highest BCUT2D eigenvalue weighted by Crippen LogP contribution is 2.23. The minimum Gasteiger partial charge on any atom is -0.354 e. The lowest BCUT2D eigenvalue weighted by Gasteiger charge is -2.15. The van der Waals surface area contributed by atoms with E-state index in [1.807, 2.05) is 37.3 Å². The van der Waals surface area contributed by atoms with Crippen molar-refractivity contribution in [1.29, 1.82) is 0 Å². The topological polar surface area (TPSA) is 54.0 Å². The van der Waals surface area contributed by atoms with Gasteiger partial charge in [-0.3, -0.25) is 9.78 Å². The van der Waals surface area contributed by atoms with E-state index in [9.17, 15) is 9.18 Å². The van der Waals surface area contributed by atoms with Crippen molar-refractivity contribution in [1.82, 2.24) is 10.3 Å². The molecule has 1 unspecified atom stereocenters. The first-order valence-corrected chi connectivity index (χ1v) is 8.43. The molecular formula is C20H17ClFN3O. The van der Waals surface area contributed by atoms with Gasteiger partial charge < -0.3 is 10.6 Å². The standard InChI is InChI=1S/C20H17ClFN3O/c1-13(14-5-3-2-4-6-14)24-20(26)15-9-17(12-23-11-15)25-16-7-8-19(22)18(21)10-16/h2-13,25H,1H3,(H,24,26). The lowest BCUT2D eigenvalue weighted by atomic mass is 10.1. The SMILES string of the molecule is CC(NC(=O)c1cncc(Nc2ccc(F)c(Cl)c2)c1)c1ccccc1. The fraction of sp³-hybridized carbons (Fsp3) is 0.100. The summed E-state index contributed by atoms with van der Waals surface area (Å²) in [6.07, 6.45) is 3.07. The summed E-state index contributed by atoms with van der Waals surface area (Å²) < 4.78 is 13.2. The van der Waals surface area contributed by atoms with Crippen LogP contribution in [0.25, 0.3) is 0 Å². The van der Waals surface area contributed by atoms with Crippen LogP contribution in [0, 0.1) is 5.82 Å². The van der Waals surface area contributed by atoms with Crippen LogP contribution in [-0.2, 0) is 0 Å². The first-order valence-electron chi connectivity index (χ1n) is 8.06. The molecule has 2 aromatic carbocycles. The Labute approximate surface area is 156 Å². The van der Waals surface area contributed by atoms with Crippen LogP contribution < -0.4 is 10.6 Å². The van der Waals surface area contributed by atoms with Gasteiger partial charge in [-0.2, -0.15) is 0 Å². The Kier molecular flexibility index (Phi) is 5.49. The van der Waals surface area contributed by atoms with Crippen molar-refractivity contribution >= 4 is 28.9 Å². The molecule has 0 bridgehead atoms. The quantitative estimate of drug-likeness (QED) is 0.657. The zero-order valence-electron chi connectivity index (χ0n) is 14.0. The Morgan fingerprint density at radius 2 is 1.85 bits per heavy atom. The molecule has 0 aliphatic heterocycles. The summed E-state index contributed by atoms with van der Waals surface area (Å²) in [4.78, 5) is 16.6. The highest BCUT2D eigenvalue weighted by atomic mass is 35.5. The van der Waals surface area contributed by atoms with Crippen LogP contribution in [-0.4, -0.2) is 10.9 Å². The van der Waals surface area contributed by atoms with Gasteiger partial charge in [0.2, 0.25) is 0 Å². The van der Waals surface area contributed by atoms with Gasteiger partial charge in [-0.25, -0.2) is 4.39 Å². The molecule has 132 valence electrons. The highest BCUT2D eigenvalue weighted by molar-refractivity contribution is 6.31. The number of hydrogen-bond donors (Lipinski definition) is 2. The molecule has 26 heavy (non-hydrogen) atoms. The second kappa shape index (κ2) is 7.97. The number of anilines is 2. The summed E-state index contributed by atoms with van der Waals surface area (Å²) in [5.41, 5.74) is 2.65. The molecule has 1 heterocycles. The number of hydrogen-bond acceptors (Lipinski definition) is 3. The number of nitrogens with zero attached hydrogens (tertiary/aromatic N) is 1. The van der Waals surface area contributed by atoms with Crippen molar-refractivity contribution in [3.05, 3.63) is 89.0 Å². The van der Waals surface area contributed by atoms with Crippen LogP contribution in [0.2, 0.25) is 5.02 Å². The molecule has 0 spiro atoms. The number of halogens is 2. The van der Waals surface area contributed by atoms with Crippen molar-refractivity contribution in [2.24, 2.45) is 0 Å². The molecular weight excluding hydrogens is 353 g/mol. The Hall–Kier alpha value is -2.92. The first kappa shape index (κ1) is 17.9. The van der Waals surface area contributed by atoms with Crippen LogP contribution in [0.3, 0.4) is 0 Å². The Bertz CT molecular complexity index is 918. The molecule has 4 nitrogen and oxygen atoms in total. The van der Waals surface area contributed by atoms with Gasteiger partial charge in [0, 0.05) is 11.9 Å². The molecule has 1 amide bonds. The van der Waals surface area contributed by atoms with E-state index in [1.165, 1.54) is 18.3 Å². The van der Waals surface area contributed by atoms with E-state index in [1.54, 1.807) is 18.3 Å². The van der Waals surface area contributed by atoms with Crippen molar-refractivity contribution < 1.29 is 9.18 Å². The number of amides is 1. The molecule has 2 N–H and O–H groups in total. The third kappa shape index (κ3) is 4.37. The summed E-state index contributed by atoms with van der Waals surface area (Å²) >= 11 is 5.78.